The average Bonchev–Trinajstić information content (AvgIpc) is 3.51. The van der Waals surface area contributed by atoms with Crippen LogP contribution in [-0.2, 0) is 0 Å². The highest BCUT2D eigenvalue weighted by Gasteiger charge is 2.46. The molecule has 4 amide bonds. The standard InChI is InChI=1S/C48H48N2O7/c1-27-12-16-29(17-13-27)31-20-22-33-35(24-31)44(53)49(42(33)51)37-26-38(55-46(3,4)5)39(41(57-48(9,10)11)40(37)56-47(6,7)8)50-43(52)34-23-21-32(25-36(34)45(50)54)30-18-14-28(2)15-19-30/h12-26H,1-11H3. The van der Waals surface area contributed by atoms with E-state index in [2.05, 4.69) is 0 Å². The maximum atomic E-state index is 14.7. The predicted octanol–water partition coefficient (Wildman–Crippen LogP) is 10.8. The van der Waals surface area contributed by atoms with Gasteiger partial charge in [-0.05, 0) is 123 Å². The Bertz CT molecular complexity index is 2480. The minimum atomic E-state index is -0.926. The van der Waals surface area contributed by atoms with Crippen molar-refractivity contribution < 1.29 is 33.4 Å². The Morgan fingerprint density at radius 3 is 1.21 bits per heavy atom. The molecule has 0 atom stereocenters. The number of hydrogen-bond acceptors (Lipinski definition) is 7. The molecule has 0 aromatic heterocycles. The summed E-state index contributed by atoms with van der Waals surface area (Å²) in [6, 6.07) is 27.7. The number of imide groups is 2. The molecular weight excluding hydrogens is 717 g/mol. The number of amides is 4. The van der Waals surface area contributed by atoms with Gasteiger partial charge in [-0.3, -0.25) is 19.2 Å². The van der Waals surface area contributed by atoms with Gasteiger partial charge in [-0.2, -0.15) is 0 Å². The fraction of sp³-hybridized carbons (Fsp3) is 0.292. The molecule has 0 N–H and O–H groups in total. The molecule has 7 rings (SSSR count). The third-order valence-electron chi connectivity index (χ3n) is 9.40. The number of aryl methyl sites for hydroxylation is 2. The summed E-state index contributed by atoms with van der Waals surface area (Å²) in [4.78, 5) is 60.3. The molecule has 0 saturated heterocycles. The van der Waals surface area contributed by atoms with E-state index in [1.54, 1.807) is 24.3 Å². The van der Waals surface area contributed by atoms with E-state index in [0.29, 0.717) is 0 Å². The molecule has 2 aliphatic heterocycles. The molecule has 0 fully saturated rings. The summed E-state index contributed by atoms with van der Waals surface area (Å²) in [5.41, 5.74) is 3.78. The van der Waals surface area contributed by atoms with E-state index in [1.165, 1.54) is 6.07 Å². The van der Waals surface area contributed by atoms with Crippen LogP contribution in [0, 0.1) is 13.8 Å². The fourth-order valence-electron chi connectivity index (χ4n) is 6.94. The van der Waals surface area contributed by atoms with E-state index < -0.39 is 40.4 Å². The normalized spacial score (nSPS) is 14.3. The number of ether oxygens (including phenoxy) is 3. The van der Waals surface area contributed by atoms with Gasteiger partial charge in [-0.25, -0.2) is 9.80 Å². The minimum absolute atomic E-state index is 0.00107. The zero-order chi connectivity index (χ0) is 41.4. The lowest BCUT2D eigenvalue weighted by molar-refractivity contribution is 0.0857. The Balaban J connectivity index is 1.45. The number of benzene rings is 5. The van der Waals surface area contributed by atoms with Crippen molar-refractivity contribution in [2.45, 2.75) is 93.0 Å². The first kappa shape index (κ1) is 39.0. The molecule has 292 valence electrons. The number of nitrogens with zero attached hydrogens (tertiary/aromatic N) is 2. The van der Waals surface area contributed by atoms with Crippen LogP contribution in [0.1, 0.15) is 115 Å². The number of rotatable bonds is 7. The van der Waals surface area contributed by atoms with Crippen LogP contribution in [0.4, 0.5) is 11.4 Å². The van der Waals surface area contributed by atoms with Crippen LogP contribution in [0.2, 0.25) is 0 Å². The molecule has 0 aliphatic carbocycles. The van der Waals surface area contributed by atoms with Gasteiger partial charge in [0.25, 0.3) is 23.6 Å². The molecule has 57 heavy (non-hydrogen) atoms. The molecule has 0 spiro atoms. The first-order valence-corrected chi connectivity index (χ1v) is 19.1. The quantitative estimate of drug-likeness (QED) is 0.152. The lowest BCUT2D eigenvalue weighted by Crippen LogP contribution is -2.36. The monoisotopic (exact) mass is 764 g/mol. The zero-order valence-electron chi connectivity index (χ0n) is 34.4. The average molecular weight is 765 g/mol. The highest BCUT2D eigenvalue weighted by Crippen LogP contribution is 2.56. The van der Waals surface area contributed by atoms with Gasteiger partial charge < -0.3 is 14.2 Å². The molecule has 9 heteroatoms. The Morgan fingerprint density at radius 2 is 0.772 bits per heavy atom. The lowest BCUT2D eigenvalue weighted by atomic mass is 9.99. The highest BCUT2D eigenvalue weighted by molar-refractivity contribution is 6.37. The van der Waals surface area contributed by atoms with Crippen LogP contribution in [0.25, 0.3) is 22.3 Å². The predicted molar refractivity (Wildman–Crippen MR) is 223 cm³/mol. The van der Waals surface area contributed by atoms with Gasteiger partial charge in [0.05, 0.1) is 22.3 Å². The lowest BCUT2D eigenvalue weighted by Gasteiger charge is -2.34. The Labute approximate surface area is 334 Å². The van der Waals surface area contributed by atoms with Crippen molar-refractivity contribution in [3.8, 4) is 39.5 Å². The van der Waals surface area contributed by atoms with E-state index in [9.17, 15) is 19.2 Å². The second-order valence-corrected chi connectivity index (χ2v) is 17.7. The smallest absolute Gasteiger partial charge is 0.266 e. The molecule has 5 aromatic carbocycles. The highest BCUT2D eigenvalue weighted by atomic mass is 16.5. The third-order valence-corrected chi connectivity index (χ3v) is 9.40. The second kappa shape index (κ2) is 13.8. The molecular formula is C48H48N2O7. The summed E-state index contributed by atoms with van der Waals surface area (Å²) in [5, 5.41) is 0. The largest absolute Gasteiger partial charge is 0.486 e. The van der Waals surface area contributed by atoms with Crippen LogP contribution in [0.5, 0.6) is 17.2 Å². The number of fused-ring (bicyclic) bond motifs is 2. The van der Waals surface area contributed by atoms with Gasteiger partial charge in [0.2, 0.25) is 0 Å². The topological polar surface area (TPSA) is 102 Å². The Hall–Kier alpha value is -6.22. The maximum absolute atomic E-state index is 14.7. The van der Waals surface area contributed by atoms with Crippen LogP contribution in [0.15, 0.2) is 91.0 Å². The Kier molecular flexibility index (Phi) is 9.42. The van der Waals surface area contributed by atoms with Crippen molar-refractivity contribution in [1.29, 1.82) is 0 Å². The minimum Gasteiger partial charge on any atom is -0.486 e. The molecule has 9 nitrogen and oxygen atoms in total. The third kappa shape index (κ3) is 7.54. The van der Waals surface area contributed by atoms with Crippen LogP contribution < -0.4 is 24.0 Å². The molecule has 2 aliphatic rings. The van der Waals surface area contributed by atoms with E-state index >= 15 is 0 Å². The van der Waals surface area contributed by atoms with Crippen molar-refractivity contribution in [2.75, 3.05) is 9.80 Å². The van der Waals surface area contributed by atoms with Gasteiger partial charge in [0.15, 0.2) is 17.2 Å². The summed E-state index contributed by atoms with van der Waals surface area (Å²) in [6.45, 7) is 20.4. The van der Waals surface area contributed by atoms with E-state index in [0.717, 1.165) is 43.2 Å². The summed E-state index contributed by atoms with van der Waals surface area (Å²) in [5.74, 6) is -2.28. The van der Waals surface area contributed by atoms with E-state index in [1.807, 2.05) is 137 Å². The van der Waals surface area contributed by atoms with Crippen LogP contribution in [-0.4, -0.2) is 40.4 Å². The van der Waals surface area contributed by atoms with Gasteiger partial charge in [0.1, 0.15) is 28.2 Å². The SMILES string of the molecule is Cc1ccc(-c2ccc3c(c2)C(=O)N(c2cc(OC(C)(C)C)c(N4C(=O)c5ccc(-c6ccc(C)cc6)cc5C4=O)c(OC(C)(C)C)c2OC(C)(C)C)C3=O)cc1. The van der Waals surface area contributed by atoms with Crippen LogP contribution in [0.3, 0.4) is 0 Å². The number of carbonyl (C=O) groups is 4. The van der Waals surface area contributed by atoms with Crippen molar-refractivity contribution in [1.82, 2.24) is 0 Å². The zero-order valence-corrected chi connectivity index (χ0v) is 34.4. The molecule has 0 radical (unpaired) electrons. The number of hydrogen-bond donors (Lipinski definition) is 0. The van der Waals surface area contributed by atoms with E-state index in [-0.39, 0.29) is 50.9 Å². The summed E-state index contributed by atoms with van der Waals surface area (Å²) < 4.78 is 20.0. The van der Waals surface area contributed by atoms with Gasteiger partial charge >= 0.3 is 0 Å². The second-order valence-electron chi connectivity index (χ2n) is 17.7. The van der Waals surface area contributed by atoms with Gasteiger partial charge in [-0.1, -0.05) is 71.8 Å². The van der Waals surface area contributed by atoms with E-state index in [4.69, 9.17) is 14.2 Å². The van der Waals surface area contributed by atoms with Crippen molar-refractivity contribution in [3.05, 3.63) is 124 Å². The molecule has 2 heterocycles. The number of carbonyl (C=O) groups excluding carboxylic acids is 4. The fourth-order valence-corrected chi connectivity index (χ4v) is 6.94. The van der Waals surface area contributed by atoms with Gasteiger partial charge in [0, 0.05) is 6.07 Å². The van der Waals surface area contributed by atoms with Gasteiger partial charge in [-0.15, -0.1) is 0 Å². The summed E-state index contributed by atoms with van der Waals surface area (Å²) >= 11 is 0. The Morgan fingerprint density at radius 1 is 0.404 bits per heavy atom. The maximum Gasteiger partial charge on any atom is 0.266 e. The van der Waals surface area contributed by atoms with Crippen LogP contribution >= 0.6 is 0 Å². The molecule has 5 aromatic rings. The van der Waals surface area contributed by atoms with Crippen molar-refractivity contribution in [2.24, 2.45) is 0 Å². The first-order chi connectivity index (χ1) is 26.6. The molecule has 0 bridgehead atoms. The first-order valence-electron chi connectivity index (χ1n) is 19.1. The van der Waals surface area contributed by atoms with Crippen molar-refractivity contribution in [3.63, 3.8) is 0 Å². The van der Waals surface area contributed by atoms with Crippen molar-refractivity contribution >= 4 is 35.0 Å². The summed E-state index contributed by atoms with van der Waals surface area (Å²) in [7, 11) is 0. The molecule has 0 unspecified atom stereocenters. The number of anilines is 2. The summed E-state index contributed by atoms with van der Waals surface area (Å²) in [6.07, 6.45) is 0. The molecule has 0 saturated carbocycles.